The Hall–Kier alpha value is -1.54. The minimum absolute atomic E-state index is 0.144. The number of rotatable bonds is 4. The maximum absolute atomic E-state index is 11.7. The molecule has 19 heavy (non-hydrogen) atoms. The summed E-state index contributed by atoms with van der Waals surface area (Å²) in [5.41, 5.74) is -2.36. The summed E-state index contributed by atoms with van der Waals surface area (Å²) in [6, 6.07) is 0. The van der Waals surface area contributed by atoms with Gasteiger partial charge in [0.25, 0.3) is 5.91 Å². The van der Waals surface area contributed by atoms with Gasteiger partial charge in [0.1, 0.15) is 5.60 Å². The van der Waals surface area contributed by atoms with Crippen LogP contribution in [0.4, 0.5) is 0 Å². The summed E-state index contributed by atoms with van der Waals surface area (Å²) in [4.78, 5) is 23.3. The first-order valence-corrected chi connectivity index (χ1v) is 6.36. The van der Waals surface area contributed by atoms with Gasteiger partial charge in [-0.1, -0.05) is 0 Å². The smallest absolute Gasteiger partial charge is 0.340 e. The van der Waals surface area contributed by atoms with E-state index in [1.807, 2.05) is 0 Å². The molecule has 1 aromatic rings. The molecule has 0 radical (unpaired) electrons. The minimum atomic E-state index is -1.80. The Kier molecular flexibility index (Phi) is 4.59. The Morgan fingerprint density at radius 3 is 2.53 bits per heavy atom. The lowest BCUT2D eigenvalue weighted by molar-refractivity contribution is -0.174. The maximum atomic E-state index is 11.7. The van der Waals surface area contributed by atoms with Crippen molar-refractivity contribution in [1.82, 2.24) is 14.1 Å². The number of amides is 1. The number of nitrogens with one attached hydrogen (secondary N) is 1. The summed E-state index contributed by atoms with van der Waals surface area (Å²) in [5, 5.41) is 12.4. The number of aliphatic hydroxyl groups is 1. The number of hydrogen-bond donors (Lipinski definition) is 2. The van der Waals surface area contributed by atoms with E-state index < -0.39 is 23.1 Å². The minimum Gasteiger partial charge on any atom is -0.458 e. The summed E-state index contributed by atoms with van der Waals surface area (Å²) < 4.78 is 12.5. The molecule has 0 aromatic carbocycles. The molecule has 1 amide bonds. The number of ether oxygens (including phenoxy) is 1. The van der Waals surface area contributed by atoms with Crippen molar-refractivity contribution in [2.75, 3.05) is 6.54 Å². The van der Waals surface area contributed by atoms with Gasteiger partial charge in [0.2, 0.25) is 0 Å². The molecule has 1 atom stereocenters. The number of nitrogens with zero attached hydrogens (tertiary/aromatic N) is 2. The van der Waals surface area contributed by atoms with Gasteiger partial charge in [-0.3, -0.25) is 4.79 Å². The van der Waals surface area contributed by atoms with Crippen LogP contribution in [-0.4, -0.2) is 43.5 Å². The monoisotopic (exact) mass is 287 g/mol. The zero-order valence-corrected chi connectivity index (χ0v) is 12.1. The van der Waals surface area contributed by atoms with Gasteiger partial charge in [-0.2, -0.15) is 8.75 Å². The van der Waals surface area contributed by atoms with Gasteiger partial charge in [0.05, 0.1) is 24.5 Å². The highest BCUT2D eigenvalue weighted by Crippen LogP contribution is 2.13. The van der Waals surface area contributed by atoms with Crippen molar-refractivity contribution >= 4 is 23.6 Å². The molecular weight excluding hydrogens is 270 g/mol. The van der Waals surface area contributed by atoms with Crippen molar-refractivity contribution < 1.29 is 19.4 Å². The highest BCUT2D eigenvalue weighted by molar-refractivity contribution is 6.99. The summed E-state index contributed by atoms with van der Waals surface area (Å²) in [6.45, 7) is 6.10. The summed E-state index contributed by atoms with van der Waals surface area (Å²) >= 11 is 0.900. The Balaban J connectivity index is 2.55. The van der Waals surface area contributed by atoms with Gasteiger partial charge in [0.15, 0.2) is 11.3 Å². The molecule has 1 aromatic heterocycles. The van der Waals surface area contributed by atoms with E-state index in [-0.39, 0.29) is 12.2 Å². The molecule has 0 unspecified atom stereocenters. The molecule has 0 bridgehead atoms. The van der Waals surface area contributed by atoms with Crippen molar-refractivity contribution in [2.45, 2.75) is 38.9 Å². The van der Waals surface area contributed by atoms with E-state index in [1.165, 1.54) is 13.1 Å². The fourth-order valence-corrected chi connectivity index (χ4v) is 1.48. The van der Waals surface area contributed by atoms with E-state index in [0.717, 1.165) is 11.7 Å². The lowest BCUT2D eigenvalue weighted by atomic mass is 10.1. The zero-order chi connectivity index (χ0) is 14.7. The molecule has 0 aliphatic carbocycles. The summed E-state index contributed by atoms with van der Waals surface area (Å²) in [7, 11) is 0. The molecule has 8 heteroatoms. The van der Waals surface area contributed by atoms with Gasteiger partial charge < -0.3 is 15.2 Å². The molecular formula is C11H17N3O4S. The third kappa shape index (κ3) is 4.92. The van der Waals surface area contributed by atoms with Crippen LogP contribution in [0.15, 0.2) is 6.20 Å². The number of esters is 1. The van der Waals surface area contributed by atoms with E-state index in [0.29, 0.717) is 0 Å². The number of hydrogen-bond acceptors (Lipinski definition) is 7. The van der Waals surface area contributed by atoms with E-state index in [2.05, 4.69) is 14.1 Å². The van der Waals surface area contributed by atoms with Crippen molar-refractivity contribution in [3.63, 3.8) is 0 Å². The average molecular weight is 287 g/mol. The predicted molar refractivity (Wildman–Crippen MR) is 68.7 cm³/mol. The maximum Gasteiger partial charge on any atom is 0.340 e. The molecule has 0 saturated carbocycles. The van der Waals surface area contributed by atoms with Crippen molar-refractivity contribution in [3.05, 3.63) is 11.9 Å². The van der Waals surface area contributed by atoms with Gasteiger partial charge in [-0.15, -0.1) is 0 Å². The topological polar surface area (TPSA) is 101 Å². The second kappa shape index (κ2) is 5.62. The molecule has 7 nitrogen and oxygen atoms in total. The average Bonchev–Trinajstić information content (AvgIpc) is 2.77. The van der Waals surface area contributed by atoms with Crippen LogP contribution in [0.1, 0.15) is 38.2 Å². The lowest BCUT2D eigenvalue weighted by Crippen LogP contribution is -2.49. The molecule has 1 heterocycles. The molecule has 0 aliphatic heterocycles. The molecule has 106 valence electrons. The second-order valence-corrected chi connectivity index (χ2v) is 5.81. The zero-order valence-electron chi connectivity index (χ0n) is 11.3. The van der Waals surface area contributed by atoms with Crippen LogP contribution in [0.25, 0.3) is 0 Å². The third-order valence-electron chi connectivity index (χ3n) is 2.03. The Labute approximate surface area is 115 Å². The van der Waals surface area contributed by atoms with Crippen LogP contribution in [-0.2, 0) is 9.53 Å². The van der Waals surface area contributed by atoms with Crippen LogP contribution in [0.2, 0.25) is 0 Å². The van der Waals surface area contributed by atoms with Gasteiger partial charge in [0, 0.05) is 0 Å². The normalized spacial score (nSPS) is 14.6. The fraction of sp³-hybridized carbons (Fsp3) is 0.636. The largest absolute Gasteiger partial charge is 0.458 e. The molecule has 1 rings (SSSR count). The molecule has 0 spiro atoms. The Morgan fingerprint density at radius 1 is 1.42 bits per heavy atom. The van der Waals surface area contributed by atoms with E-state index >= 15 is 0 Å². The standard InChI is InChI=1S/C11H17N3O4S/c1-10(2,3)18-9(16)11(4,17)6-12-8(15)7-5-13-19-14-7/h5,17H,6H2,1-4H3,(H,12,15)/t11-/m0/s1. The summed E-state index contributed by atoms with van der Waals surface area (Å²) in [6.07, 6.45) is 1.31. The molecule has 0 fully saturated rings. The first kappa shape index (κ1) is 15.5. The van der Waals surface area contributed by atoms with Crippen LogP contribution in [0.5, 0.6) is 0 Å². The highest BCUT2D eigenvalue weighted by Gasteiger charge is 2.35. The lowest BCUT2D eigenvalue weighted by Gasteiger charge is -2.27. The van der Waals surface area contributed by atoms with Crippen LogP contribution >= 0.6 is 11.7 Å². The van der Waals surface area contributed by atoms with Crippen molar-refractivity contribution in [1.29, 1.82) is 0 Å². The molecule has 0 aliphatic rings. The van der Waals surface area contributed by atoms with Crippen molar-refractivity contribution in [3.8, 4) is 0 Å². The predicted octanol–water partition coefficient (Wildman–Crippen LogP) is 0.361. The number of carbonyl (C=O) groups excluding carboxylic acids is 2. The fourth-order valence-electron chi connectivity index (χ4n) is 1.07. The third-order valence-corrected chi connectivity index (χ3v) is 2.50. The van der Waals surface area contributed by atoms with Crippen LogP contribution in [0, 0.1) is 0 Å². The van der Waals surface area contributed by atoms with Gasteiger partial charge >= 0.3 is 5.97 Å². The molecule has 0 saturated heterocycles. The van der Waals surface area contributed by atoms with Gasteiger partial charge in [-0.05, 0) is 27.7 Å². The second-order valence-electron chi connectivity index (χ2n) is 5.25. The van der Waals surface area contributed by atoms with Crippen LogP contribution < -0.4 is 5.32 Å². The first-order chi connectivity index (χ1) is 8.62. The summed E-state index contributed by atoms with van der Waals surface area (Å²) in [5.74, 6) is -1.30. The highest BCUT2D eigenvalue weighted by atomic mass is 32.1. The Morgan fingerprint density at radius 2 is 2.05 bits per heavy atom. The molecule has 2 N–H and O–H groups in total. The Bertz CT molecular complexity index is 451. The van der Waals surface area contributed by atoms with E-state index in [1.54, 1.807) is 20.8 Å². The van der Waals surface area contributed by atoms with E-state index in [4.69, 9.17) is 4.74 Å². The van der Waals surface area contributed by atoms with Crippen LogP contribution in [0.3, 0.4) is 0 Å². The first-order valence-electron chi connectivity index (χ1n) is 5.63. The SMILES string of the molecule is CC(C)(C)OC(=O)[C@@](C)(O)CNC(=O)c1cnsn1. The quantitative estimate of drug-likeness (QED) is 0.775. The van der Waals surface area contributed by atoms with E-state index in [9.17, 15) is 14.7 Å². The number of carbonyl (C=O) groups is 2. The number of aromatic nitrogens is 2. The van der Waals surface area contributed by atoms with Gasteiger partial charge in [-0.25, -0.2) is 4.79 Å². The van der Waals surface area contributed by atoms with Crippen molar-refractivity contribution in [2.24, 2.45) is 0 Å².